The van der Waals surface area contributed by atoms with E-state index in [4.69, 9.17) is 0 Å². The summed E-state index contributed by atoms with van der Waals surface area (Å²) in [6.07, 6.45) is 1.71. The molecular weight excluding hydrogens is 288 g/mol. The Bertz CT molecular complexity index is 528. The molecule has 1 aromatic carbocycles. The highest BCUT2D eigenvalue weighted by molar-refractivity contribution is 5.51. The van der Waals surface area contributed by atoms with E-state index in [0.717, 1.165) is 27.8 Å². The molecule has 0 saturated carbocycles. The summed E-state index contributed by atoms with van der Waals surface area (Å²) < 4.78 is 0. The molecule has 23 heavy (non-hydrogen) atoms. The maximum absolute atomic E-state index is 10.9. The lowest BCUT2D eigenvalue weighted by atomic mass is 9.75. The molecule has 3 unspecified atom stereocenters. The molecule has 0 aliphatic rings. The van der Waals surface area contributed by atoms with Gasteiger partial charge in [-0.2, -0.15) is 0 Å². The SMILES string of the molecule is CCC(C)(O)c1cc(C(C)(O)CC)c(C)c(C(C)(O)CC)c1C. The Hall–Kier alpha value is -0.900. The minimum Gasteiger partial charge on any atom is -0.385 e. The summed E-state index contributed by atoms with van der Waals surface area (Å²) >= 11 is 0. The molecule has 0 fully saturated rings. The smallest absolute Gasteiger partial charge is 0.0871 e. The van der Waals surface area contributed by atoms with Crippen LogP contribution in [0.4, 0.5) is 0 Å². The summed E-state index contributed by atoms with van der Waals surface area (Å²) in [5.74, 6) is 0. The van der Waals surface area contributed by atoms with Crippen LogP contribution >= 0.6 is 0 Å². The molecule has 1 rings (SSSR count). The Morgan fingerprint density at radius 3 is 1.26 bits per heavy atom. The third-order valence-corrected chi connectivity index (χ3v) is 5.61. The standard InChI is InChI=1S/C20H34O3/c1-9-18(6,21)15-12-16(19(7,22)10-2)14(5)17(13(15)4)20(8,23)11-3/h12,21-23H,9-11H2,1-8H3. The van der Waals surface area contributed by atoms with Gasteiger partial charge in [0.1, 0.15) is 0 Å². The fourth-order valence-corrected chi connectivity index (χ4v) is 3.40. The Morgan fingerprint density at radius 1 is 0.696 bits per heavy atom. The molecule has 0 radical (unpaired) electrons. The van der Waals surface area contributed by atoms with Crippen molar-refractivity contribution in [3.63, 3.8) is 0 Å². The fraction of sp³-hybridized carbons (Fsp3) is 0.700. The minimum atomic E-state index is -0.993. The predicted molar refractivity (Wildman–Crippen MR) is 95.5 cm³/mol. The van der Waals surface area contributed by atoms with Gasteiger partial charge in [-0.3, -0.25) is 0 Å². The van der Waals surface area contributed by atoms with Crippen LogP contribution in [0.3, 0.4) is 0 Å². The second-order valence-corrected chi connectivity index (χ2v) is 7.48. The summed E-state index contributed by atoms with van der Waals surface area (Å²) in [5.41, 5.74) is 1.26. The average molecular weight is 322 g/mol. The van der Waals surface area contributed by atoms with Crippen LogP contribution in [0, 0.1) is 13.8 Å². The molecule has 132 valence electrons. The fourth-order valence-electron chi connectivity index (χ4n) is 3.40. The highest BCUT2D eigenvalue weighted by atomic mass is 16.3. The number of benzene rings is 1. The Morgan fingerprint density at radius 2 is 1.00 bits per heavy atom. The van der Waals surface area contributed by atoms with Gasteiger partial charge in [0.25, 0.3) is 0 Å². The quantitative estimate of drug-likeness (QED) is 0.737. The molecule has 0 spiro atoms. The van der Waals surface area contributed by atoms with Crippen molar-refractivity contribution in [1.29, 1.82) is 0 Å². The van der Waals surface area contributed by atoms with Gasteiger partial charge in [-0.1, -0.05) is 20.8 Å². The highest BCUT2D eigenvalue weighted by Gasteiger charge is 2.35. The maximum atomic E-state index is 10.9. The van der Waals surface area contributed by atoms with Gasteiger partial charge in [-0.15, -0.1) is 0 Å². The van der Waals surface area contributed by atoms with Crippen LogP contribution in [0.5, 0.6) is 0 Å². The molecule has 0 amide bonds. The monoisotopic (exact) mass is 322 g/mol. The van der Waals surface area contributed by atoms with Gasteiger partial charge >= 0.3 is 0 Å². The first kappa shape index (κ1) is 20.1. The van der Waals surface area contributed by atoms with E-state index in [1.165, 1.54) is 0 Å². The summed E-state index contributed by atoms with van der Waals surface area (Å²) in [6.45, 7) is 15.1. The minimum absolute atomic E-state index is 0.568. The third-order valence-electron chi connectivity index (χ3n) is 5.61. The van der Waals surface area contributed by atoms with Crippen LogP contribution in [0.2, 0.25) is 0 Å². The van der Waals surface area contributed by atoms with Crippen LogP contribution in [0.25, 0.3) is 0 Å². The largest absolute Gasteiger partial charge is 0.385 e. The molecule has 3 nitrogen and oxygen atoms in total. The van der Waals surface area contributed by atoms with Gasteiger partial charge in [0.2, 0.25) is 0 Å². The molecule has 3 atom stereocenters. The molecule has 0 aliphatic carbocycles. The van der Waals surface area contributed by atoms with Crippen molar-refractivity contribution in [3.8, 4) is 0 Å². The van der Waals surface area contributed by atoms with Gasteiger partial charge in [0, 0.05) is 0 Å². The van der Waals surface area contributed by atoms with Gasteiger partial charge in [0.15, 0.2) is 0 Å². The number of rotatable bonds is 6. The van der Waals surface area contributed by atoms with Crippen LogP contribution in [-0.2, 0) is 16.8 Å². The zero-order valence-electron chi connectivity index (χ0n) is 16.0. The van der Waals surface area contributed by atoms with Crippen molar-refractivity contribution in [2.45, 2.75) is 91.5 Å². The van der Waals surface area contributed by atoms with Crippen molar-refractivity contribution >= 4 is 0 Å². The van der Waals surface area contributed by atoms with Crippen molar-refractivity contribution in [2.75, 3.05) is 0 Å². The maximum Gasteiger partial charge on any atom is 0.0871 e. The van der Waals surface area contributed by atoms with Crippen LogP contribution in [-0.4, -0.2) is 15.3 Å². The topological polar surface area (TPSA) is 60.7 Å². The van der Waals surface area contributed by atoms with Crippen LogP contribution < -0.4 is 0 Å². The lowest BCUT2D eigenvalue weighted by molar-refractivity contribution is 0.0378. The lowest BCUT2D eigenvalue weighted by Crippen LogP contribution is -2.31. The zero-order valence-corrected chi connectivity index (χ0v) is 16.0. The molecule has 3 heteroatoms. The second kappa shape index (κ2) is 6.54. The number of aliphatic hydroxyl groups is 3. The molecule has 0 bridgehead atoms. The summed E-state index contributed by atoms with van der Waals surface area (Å²) in [6, 6.07) is 1.92. The van der Waals surface area contributed by atoms with E-state index in [-0.39, 0.29) is 0 Å². The van der Waals surface area contributed by atoms with Crippen molar-refractivity contribution < 1.29 is 15.3 Å². The molecule has 3 N–H and O–H groups in total. The Balaban J connectivity index is 3.91. The first-order valence-electron chi connectivity index (χ1n) is 8.68. The molecule has 0 aliphatic heterocycles. The molecule has 0 heterocycles. The predicted octanol–water partition coefficient (Wildman–Crippen LogP) is 4.16. The van der Waals surface area contributed by atoms with Crippen molar-refractivity contribution in [1.82, 2.24) is 0 Å². The van der Waals surface area contributed by atoms with E-state index in [1.54, 1.807) is 20.8 Å². The van der Waals surface area contributed by atoms with E-state index in [9.17, 15) is 15.3 Å². The molecule has 1 aromatic rings. The normalized spacial score (nSPS) is 19.8. The molecular formula is C20H34O3. The van der Waals surface area contributed by atoms with Gasteiger partial charge in [-0.05, 0) is 87.8 Å². The average Bonchev–Trinajstić information content (AvgIpc) is 2.46. The second-order valence-electron chi connectivity index (χ2n) is 7.48. The van der Waals surface area contributed by atoms with Gasteiger partial charge < -0.3 is 15.3 Å². The Kier molecular flexibility index (Phi) is 5.73. The Labute approximate surface area is 141 Å². The molecule has 0 aromatic heterocycles. The zero-order chi connectivity index (χ0) is 18.2. The summed E-state index contributed by atoms with van der Waals surface area (Å²) in [5, 5.41) is 32.6. The van der Waals surface area contributed by atoms with Gasteiger partial charge in [-0.25, -0.2) is 0 Å². The van der Waals surface area contributed by atoms with Crippen molar-refractivity contribution in [2.24, 2.45) is 0 Å². The van der Waals surface area contributed by atoms with Crippen LogP contribution in [0.1, 0.15) is 88.6 Å². The first-order chi connectivity index (χ1) is 10.4. The summed E-state index contributed by atoms with van der Waals surface area (Å²) in [7, 11) is 0. The lowest BCUT2D eigenvalue weighted by Gasteiger charge is -2.36. The van der Waals surface area contributed by atoms with E-state index in [2.05, 4.69) is 0 Å². The number of hydrogen-bond donors (Lipinski definition) is 3. The van der Waals surface area contributed by atoms with Crippen molar-refractivity contribution in [3.05, 3.63) is 33.9 Å². The van der Waals surface area contributed by atoms with E-state index >= 15 is 0 Å². The third kappa shape index (κ3) is 3.62. The van der Waals surface area contributed by atoms with E-state index < -0.39 is 16.8 Å². The van der Waals surface area contributed by atoms with Crippen LogP contribution in [0.15, 0.2) is 6.07 Å². The van der Waals surface area contributed by atoms with E-state index in [1.807, 2.05) is 40.7 Å². The van der Waals surface area contributed by atoms with Gasteiger partial charge in [0.05, 0.1) is 16.8 Å². The highest BCUT2D eigenvalue weighted by Crippen LogP contribution is 2.41. The molecule has 0 saturated heterocycles. The van der Waals surface area contributed by atoms with E-state index in [0.29, 0.717) is 19.3 Å². The first-order valence-corrected chi connectivity index (χ1v) is 8.68. The number of hydrogen-bond acceptors (Lipinski definition) is 3. The summed E-state index contributed by atoms with van der Waals surface area (Å²) in [4.78, 5) is 0.